The molecule has 0 aliphatic carbocycles. The van der Waals surface area contributed by atoms with Crippen LogP contribution < -0.4 is 5.32 Å². The number of aliphatic carboxylic acids is 1. The number of amides is 1. The monoisotopic (exact) mass is 271 g/mol. The maximum absolute atomic E-state index is 12.0. The SMILES string of the molecule is C=C(C)CC(C)C(=O)NC1(C(=O)O)CCSCC1. The van der Waals surface area contributed by atoms with E-state index in [2.05, 4.69) is 11.9 Å². The van der Waals surface area contributed by atoms with E-state index in [9.17, 15) is 14.7 Å². The molecule has 1 rings (SSSR count). The van der Waals surface area contributed by atoms with Crippen LogP contribution in [-0.4, -0.2) is 34.0 Å². The van der Waals surface area contributed by atoms with Gasteiger partial charge in [-0.3, -0.25) is 4.79 Å². The summed E-state index contributed by atoms with van der Waals surface area (Å²) in [4.78, 5) is 23.4. The Hall–Kier alpha value is -0.970. The molecular formula is C13H21NO3S. The Morgan fingerprint density at radius 1 is 1.44 bits per heavy atom. The van der Waals surface area contributed by atoms with Gasteiger partial charge >= 0.3 is 5.97 Å². The van der Waals surface area contributed by atoms with Crippen LogP contribution in [0.5, 0.6) is 0 Å². The first-order valence-corrected chi connectivity index (χ1v) is 7.30. The van der Waals surface area contributed by atoms with Gasteiger partial charge in [0.15, 0.2) is 0 Å². The van der Waals surface area contributed by atoms with Crippen LogP contribution >= 0.6 is 11.8 Å². The molecule has 1 unspecified atom stereocenters. The second-order valence-electron chi connectivity index (χ2n) is 5.05. The van der Waals surface area contributed by atoms with Crippen LogP contribution in [-0.2, 0) is 9.59 Å². The summed E-state index contributed by atoms with van der Waals surface area (Å²) in [5, 5.41) is 12.1. The van der Waals surface area contributed by atoms with E-state index < -0.39 is 11.5 Å². The lowest BCUT2D eigenvalue weighted by molar-refractivity contribution is -0.148. The van der Waals surface area contributed by atoms with E-state index >= 15 is 0 Å². The lowest BCUT2D eigenvalue weighted by atomic mass is 9.90. The van der Waals surface area contributed by atoms with Gasteiger partial charge in [0.1, 0.15) is 5.54 Å². The number of carbonyl (C=O) groups excluding carboxylic acids is 1. The van der Waals surface area contributed by atoms with E-state index in [0.29, 0.717) is 19.3 Å². The van der Waals surface area contributed by atoms with Gasteiger partial charge in [-0.2, -0.15) is 11.8 Å². The second-order valence-corrected chi connectivity index (χ2v) is 6.28. The Balaban J connectivity index is 2.69. The standard InChI is InChI=1S/C13H21NO3S/c1-9(2)8-10(3)11(15)14-13(12(16)17)4-6-18-7-5-13/h10H,1,4-8H2,2-3H3,(H,14,15)(H,16,17). The normalized spacial score (nSPS) is 19.9. The number of nitrogens with one attached hydrogen (secondary N) is 1. The number of thioether (sulfide) groups is 1. The molecular weight excluding hydrogens is 250 g/mol. The van der Waals surface area contributed by atoms with Gasteiger partial charge in [-0.1, -0.05) is 12.5 Å². The number of hydrogen-bond donors (Lipinski definition) is 2. The third-order valence-corrected chi connectivity index (χ3v) is 4.21. The number of rotatable bonds is 5. The molecule has 1 aliphatic rings. The van der Waals surface area contributed by atoms with Crippen molar-refractivity contribution >= 4 is 23.6 Å². The van der Waals surface area contributed by atoms with E-state index in [1.165, 1.54) is 0 Å². The molecule has 1 heterocycles. The van der Waals surface area contributed by atoms with Crippen molar-refractivity contribution in [3.8, 4) is 0 Å². The summed E-state index contributed by atoms with van der Waals surface area (Å²) in [5.41, 5.74) is -0.132. The quantitative estimate of drug-likeness (QED) is 0.751. The molecule has 1 fully saturated rings. The number of carboxylic acids is 1. The maximum atomic E-state index is 12.0. The summed E-state index contributed by atoms with van der Waals surface area (Å²) in [6, 6.07) is 0. The zero-order valence-electron chi connectivity index (χ0n) is 11.0. The predicted molar refractivity (Wildman–Crippen MR) is 73.7 cm³/mol. The third-order valence-electron chi connectivity index (χ3n) is 3.22. The molecule has 1 atom stereocenters. The van der Waals surface area contributed by atoms with Crippen molar-refractivity contribution in [1.82, 2.24) is 5.32 Å². The highest BCUT2D eigenvalue weighted by molar-refractivity contribution is 7.99. The summed E-state index contributed by atoms with van der Waals surface area (Å²) in [6.45, 7) is 7.45. The lowest BCUT2D eigenvalue weighted by Crippen LogP contribution is -2.57. The average Bonchev–Trinajstić information content (AvgIpc) is 2.29. The van der Waals surface area contributed by atoms with E-state index in [1.807, 2.05) is 6.92 Å². The first kappa shape index (κ1) is 15.1. The summed E-state index contributed by atoms with van der Waals surface area (Å²) >= 11 is 1.73. The highest BCUT2D eigenvalue weighted by atomic mass is 32.2. The van der Waals surface area contributed by atoms with Crippen LogP contribution in [0.1, 0.15) is 33.1 Å². The highest BCUT2D eigenvalue weighted by Crippen LogP contribution is 2.28. The van der Waals surface area contributed by atoms with Crippen LogP contribution in [0.3, 0.4) is 0 Å². The van der Waals surface area contributed by atoms with E-state index in [0.717, 1.165) is 17.1 Å². The van der Waals surface area contributed by atoms with Crippen molar-refractivity contribution < 1.29 is 14.7 Å². The molecule has 18 heavy (non-hydrogen) atoms. The molecule has 0 aromatic heterocycles. The van der Waals surface area contributed by atoms with Crippen molar-refractivity contribution in [1.29, 1.82) is 0 Å². The van der Waals surface area contributed by atoms with Gasteiger partial charge in [-0.15, -0.1) is 6.58 Å². The summed E-state index contributed by atoms with van der Waals surface area (Å²) in [5.74, 6) is 0.224. The van der Waals surface area contributed by atoms with Gasteiger partial charge in [-0.25, -0.2) is 4.79 Å². The number of hydrogen-bond acceptors (Lipinski definition) is 3. The maximum Gasteiger partial charge on any atom is 0.329 e. The van der Waals surface area contributed by atoms with Crippen molar-refractivity contribution in [2.45, 2.75) is 38.6 Å². The molecule has 1 amide bonds. The Kier molecular flexibility index (Phi) is 5.26. The molecule has 4 nitrogen and oxygen atoms in total. The minimum atomic E-state index is -1.06. The van der Waals surface area contributed by atoms with Crippen LogP contribution in [0.25, 0.3) is 0 Å². The van der Waals surface area contributed by atoms with Gasteiger partial charge in [0.05, 0.1) is 0 Å². The predicted octanol–water partition coefficient (Wildman–Crippen LogP) is 2.06. The van der Waals surface area contributed by atoms with Gasteiger partial charge in [0.25, 0.3) is 0 Å². The molecule has 5 heteroatoms. The first-order valence-electron chi connectivity index (χ1n) is 6.15. The van der Waals surface area contributed by atoms with Crippen molar-refractivity contribution in [3.63, 3.8) is 0 Å². The first-order chi connectivity index (χ1) is 8.37. The van der Waals surface area contributed by atoms with Crippen molar-refractivity contribution in [3.05, 3.63) is 12.2 Å². The molecule has 0 aromatic carbocycles. The van der Waals surface area contributed by atoms with Crippen LogP contribution in [0.2, 0.25) is 0 Å². The summed E-state index contributed by atoms with van der Waals surface area (Å²) < 4.78 is 0. The van der Waals surface area contributed by atoms with E-state index in [1.54, 1.807) is 18.7 Å². The Bertz CT molecular complexity index is 348. The molecule has 1 saturated heterocycles. The van der Waals surface area contributed by atoms with Crippen LogP contribution in [0.4, 0.5) is 0 Å². The minimum Gasteiger partial charge on any atom is -0.480 e. The minimum absolute atomic E-state index is 0.188. The van der Waals surface area contributed by atoms with Gasteiger partial charge in [-0.05, 0) is 37.7 Å². The fraction of sp³-hybridized carbons (Fsp3) is 0.692. The topological polar surface area (TPSA) is 66.4 Å². The number of carbonyl (C=O) groups is 2. The number of allylic oxidation sites excluding steroid dienone is 1. The molecule has 0 bridgehead atoms. The molecule has 0 radical (unpaired) electrons. The highest BCUT2D eigenvalue weighted by Gasteiger charge is 2.41. The van der Waals surface area contributed by atoms with Crippen LogP contribution in [0.15, 0.2) is 12.2 Å². The van der Waals surface area contributed by atoms with Crippen LogP contribution in [0, 0.1) is 5.92 Å². The van der Waals surface area contributed by atoms with E-state index in [4.69, 9.17) is 0 Å². The average molecular weight is 271 g/mol. The fourth-order valence-electron chi connectivity index (χ4n) is 2.09. The third kappa shape index (κ3) is 3.77. The molecule has 0 spiro atoms. The van der Waals surface area contributed by atoms with Gasteiger partial charge in [0.2, 0.25) is 5.91 Å². The Morgan fingerprint density at radius 3 is 2.44 bits per heavy atom. The van der Waals surface area contributed by atoms with Gasteiger partial charge < -0.3 is 10.4 Å². The number of carboxylic acid groups (broad SMARTS) is 1. The largest absolute Gasteiger partial charge is 0.480 e. The van der Waals surface area contributed by atoms with Crippen molar-refractivity contribution in [2.75, 3.05) is 11.5 Å². The zero-order chi connectivity index (χ0) is 13.8. The van der Waals surface area contributed by atoms with Crippen molar-refractivity contribution in [2.24, 2.45) is 5.92 Å². The smallest absolute Gasteiger partial charge is 0.329 e. The Morgan fingerprint density at radius 2 is 2.00 bits per heavy atom. The molecule has 0 saturated carbocycles. The second kappa shape index (κ2) is 6.27. The summed E-state index contributed by atoms with van der Waals surface area (Å²) in [6.07, 6.45) is 1.59. The molecule has 102 valence electrons. The lowest BCUT2D eigenvalue weighted by Gasteiger charge is -2.34. The Labute approximate surface area is 112 Å². The zero-order valence-corrected chi connectivity index (χ0v) is 11.8. The summed E-state index contributed by atoms with van der Waals surface area (Å²) in [7, 11) is 0. The molecule has 2 N–H and O–H groups in total. The van der Waals surface area contributed by atoms with E-state index in [-0.39, 0.29) is 11.8 Å². The molecule has 1 aliphatic heterocycles. The fourth-order valence-corrected chi connectivity index (χ4v) is 3.28. The molecule has 0 aromatic rings. The van der Waals surface area contributed by atoms with Gasteiger partial charge in [0, 0.05) is 5.92 Å².